The Bertz CT molecular complexity index is 462. The molecule has 1 aromatic heterocycles. The number of aryl methyl sites for hydroxylation is 1. The summed E-state index contributed by atoms with van der Waals surface area (Å²) >= 11 is 3.45. The first kappa shape index (κ1) is 19.9. The van der Waals surface area contributed by atoms with E-state index in [1.807, 2.05) is 29.9 Å². The molecule has 1 aromatic carbocycles. The molecule has 1 N–H and O–H groups in total. The molecule has 0 aliphatic heterocycles. The first-order valence-electron chi connectivity index (χ1n) is 4.71. The van der Waals surface area contributed by atoms with Crippen molar-refractivity contribution in [3.05, 3.63) is 46.7 Å². The van der Waals surface area contributed by atoms with Crippen LogP contribution in [0.25, 0.3) is 0 Å². The van der Waals surface area contributed by atoms with Crippen LogP contribution in [0.4, 0.5) is 5.95 Å². The summed E-state index contributed by atoms with van der Waals surface area (Å²) in [4.78, 5) is 4.19. The minimum Gasteiger partial charge on any atom is -0.352 e. The summed E-state index contributed by atoms with van der Waals surface area (Å²) in [5.74, 6) is 0.884. The Hall–Kier alpha value is -0.420. The van der Waals surface area contributed by atoms with Gasteiger partial charge in [0.2, 0.25) is 5.95 Å². The molecule has 1 heterocycles. The third-order valence-corrected chi connectivity index (χ3v) is 2.65. The van der Waals surface area contributed by atoms with Crippen LogP contribution in [0.3, 0.4) is 0 Å². The van der Waals surface area contributed by atoms with Gasteiger partial charge in [0.15, 0.2) is 0 Å². The van der Waals surface area contributed by atoms with Gasteiger partial charge in [-0.3, -0.25) is 0 Å². The molecule has 0 spiro atoms. The molecule has 2 rings (SSSR count). The highest BCUT2D eigenvalue weighted by atomic mass is 79.9. The van der Waals surface area contributed by atoms with Crippen molar-refractivity contribution in [3.8, 4) is 0 Å². The average molecular weight is 376 g/mol. The van der Waals surface area contributed by atoms with Gasteiger partial charge in [0, 0.05) is 30.5 Å². The van der Waals surface area contributed by atoms with E-state index in [-0.39, 0.29) is 37.2 Å². The van der Waals surface area contributed by atoms with Gasteiger partial charge in [-0.15, -0.1) is 37.2 Å². The molecule has 0 fully saturated rings. The van der Waals surface area contributed by atoms with Crippen LogP contribution in [0.2, 0.25) is 0 Å². The highest BCUT2D eigenvalue weighted by molar-refractivity contribution is 9.10. The van der Waals surface area contributed by atoms with E-state index in [9.17, 15) is 0 Å². The van der Waals surface area contributed by atoms with E-state index in [2.05, 4.69) is 38.4 Å². The summed E-state index contributed by atoms with van der Waals surface area (Å²) in [6.45, 7) is 0.782. The monoisotopic (exact) mass is 373 g/mol. The lowest BCUT2D eigenvalue weighted by Gasteiger charge is -2.06. The third kappa shape index (κ3) is 5.48. The van der Waals surface area contributed by atoms with Gasteiger partial charge in [0.25, 0.3) is 0 Å². The number of rotatable bonds is 3. The maximum absolute atomic E-state index is 4.19. The van der Waals surface area contributed by atoms with E-state index < -0.39 is 0 Å². The molecule has 102 valence electrons. The van der Waals surface area contributed by atoms with Crippen molar-refractivity contribution >= 4 is 59.1 Å². The van der Waals surface area contributed by atoms with Crippen molar-refractivity contribution < 1.29 is 0 Å². The van der Waals surface area contributed by atoms with Crippen LogP contribution in [-0.2, 0) is 13.6 Å². The smallest absolute Gasteiger partial charge is 0.202 e. The van der Waals surface area contributed by atoms with Crippen LogP contribution >= 0.6 is 53.2 Å². The maximum Gasteiger partial charge on any atom is 0.202 e. The fourth-order valence-corrected chi connectivity index (χ4v) is 1.81. The van der Waals surface area contributed by atoms with Crippen molar-refractivity contribution in [3.63, 3.8) is 0 Å². The zero-order chi connectivity index (χ0) is 10.7. The number of nitrogens with one attached hydrogen (secondary N) is 1. The number of nitrogens with zero attached hydrogens (tertiary/aromatic N) is 2. The van der Waals surface area contributed by atoms with Crippen molar-refractivity contribution in [2.24, 2.45) is 7.05 Å². The summed E-state index contributed by atoms with van der Waals surface area (Å²) in [7, 11) is 1.97. The summed E-state index contributed by atoms with van der Waals surface area (Å²) in [6, 6.07) is 8.22. The number of hydrogen-bond acceptors (Lipinski definition) is 2. The summed E-state index contributed by atoms with van der Waals surface area (Å²) in [5.41, 5.74) is 1.23. The largest absolute Gasteiger partial charge is 0.352 e. The van der Waals surface area contributed by atoms with Gasteiger partial charge in [-0.25, -0.2) is 4.98 Å². The lowest BCUT2D eigenvalue weighted by atomic mass is 10.2. The zero-order valence-electron chi connectivity index (χ0n) is 9.67. The van der Waals surface area contributed by atoms with Crippen LogP contribution in [0.5, 0.6) is 0 Å². The van der Waals surface area contributed by atoms with Gasteiger partial charge < -0.3 is 9.88 Å². The molecule has 7 heteroatoms. The Labute approximate surface area is 134 Å². The van der Waals surface area contributed by atoms with Gasteiger partial charge in [0.1, 0.15) is 0 Å². The Balaban J connectivity index is 0. The molecule has 0 unspecified atom stereocenters. The quantitative estimate of drug-likeness (QED) is 0.877. The predicted octanol–water partition coefficient (Wildman–Crippen LogP) is 4.06. The van der Waals surface area contributed by atoms with Crippen molar-refractivity contribution in [2.45, 2.75) is 6.54 Å². The second-order valence-corrected chi connectivity index (χ2v) is 4.26. The maximum atomic E-state index is 4.19. The van der Waals surface area contributed by atoms with Gasteiger partial charge in [0.05, 0.1) is 0 Å². The molecular formula is C11H15BrCl3N3. The summed E-state index contributed by atoms with van der Waals surface area (Å²) in [6.07, 6.45) is 3.70. The lowest BCUT2D eigenvalue weighted by Crippen LogP contribution is -2.04. The third-order valence-electron chi connectivity index (χ3n) is 2.16. The van der Waals surface area contributed by atoms with Gasteiger partial charge in [-0.1, -0.05) is 28.1 Å². The van der Waals surface area contributed by atoms with E-state index in [4.69, 9.17) is 0 Å². The number of aromatic nitrogens is 2. The van der Waals surface area contributed by atoms with Crippen LogP contribution in [0, 0.1) is 0 Å². The number of hydrogen-bond donors (Lipinski definition) is 1. The Morgan fingerprint density at radius 2 is 2.00 bits per heavy atom. The highest BCUT2D eigenvalue weighted by Crippen LogP contribution is 2.12. The van der Waals surface area contributed by atoms with E-state index in [1.165, 1.54) is 5.56 Å². The number of imidazole rings is 1. The molecule has 0 bridgehead atoms. The summed E-state index contributed by atoms with van der Waals surface area (Å²) in [5, 5.41) is 3.27. The minimum atomic E-state index is 0. The van der Waals surface area contributed by atoms with E-state index >= 15 is 0 Å². The van der Waals surface area contributed by atoms with E-state index in [0.29, 0.717) is 0 Å². The first-order chi connectivity index (χ1) is 7.25. The second kappa shape index (κ2) is 9.50. The molecule has 0 aliphatic carbocycles. The van der Waals surface area contributed by atoms with Gasteiger partial charge in [-0.2, -0.15) is 0 Å². The molecule has 0 atom stereocenters. The van der Waals surface area contributed by atoms with E-state index in [0.717, 1.165) is 17.0 Å². The van der Waals surface area contributed by atoms with Gasteiger partial charge in [-0.05, 0) is 17.7 Å². The SMILES string of the molecule is Cl.Cl.Cl.Cn1ccnc1NCc1cccc(Br)c1. The van der Waals surface area contributed by atoms with Crippen molar-refractivity contribution in [2.75, 3.05) is 5.32 Å². The lowest BCUT2D eigenvalue weighted by molar-refractivity contribution is 0.900. The molecule has 2 aromatic rings. The Morgan fingerprint density at radius 3 is 2.56 bits per heavy atom. The first-order valence-corrected chi connectivity index (χ1v) is 5.50. The predicted molar refractivity (Wildman–Crippen MR) is 86.4 cm³/mol. The zero-order valence-corrected chi connectivity index (χ0v) is 13.7. The van der Waals surface area contributed by atoms with E-state index in [1.54, 1.807) is 6.20 Å². The molecule has 3 nitrogen and oxygen atoms in total. The normalized spacial score (nSPS) is 8.56. The minimum absolute atomic E-state index is 0. The molecule has 0 saturated heterocycles. The highest BCUT2D eigenvalue weighted by Gasteiger charge is 1.98. The van der Waals surface area contributed by atoms with Crippen LogP contribution in [-0.4, -0.2) is 9.55 Å². The van der Waals surface area contributed by atoms with Gasteiger partial charge >= 0.3 is 0 Å². The second-order valence-electron chi connectivity index (χ2n) is 3.35. The fraction of sp³-hybridized carbons (Fsp3) is 0.182. The standard InChI is InChI=1S/C11H12BrN3.3ClH/c1-15-6-5-13-11(15)14-8-9-3-2-4-10(12)7-9;;;/h2-7H,8H2,1H3,(H,13,14);3*1H. The number of benzene rings is 1. The molecular weight excluding hydrogens is 360 g/mol. The molecule has 0 aliphatic rings. The Morgan fingerprint density at radius 1 is 1.28 bits per heavy atom. The summed E-state index contributed by atoms with van der Waals surface area (Å²) < 4.78 is 3.06. The van der Waals surface area contributed by atoms with Crippen LogP contribution in [0.1, 0.15) is 5.56 Å². The fourth-order valence-electron chi connectivity index (χ4n) is 1.36. The van der Waals surface area contributed by atoms with Crippen molar-refractivity contribution in [1.82, 2.24) is 9.55 Å². The van der Waals surface area contributed by atoms with Crippen LogP contribution < -0.4 is 5.32 Å². The number of anilines is 1. The number of halogens is 4. The molecule has 0 amide bonds. The molecule has 0 radical (unpaired) electrons. The van der Waals surface area contributed by atoms with Crippen LogP contribution in [0.15, 0.2) is 41.1 Å². The average Bonchev–Trinajstić information content (AvgIpc) is 2.61. The topological polar surface area (TPSA) is 29.9 Å². The Kier molecular flexibility index (Phi) is 10.5. The van der Waals surface area contributed by atoms with Crippen molar-refractivity contribution in [1.29, 1.82) is 0 Å². The molecule has 18 heavy (non-hydrogen) atoms. The molecule has 0 saturated carbocycles.